The van der Waals surface area contributed by atoms with Crippen LogP contribution in [0.2, 0.25) is 0 Å². The first-order valence-corrected chi connectivity index (χ1v) is 10.6. The maximum Gasteiger partial charge on any atom is 0.191 e. The van der Waals surface area contributed by atoms with Crippen molar-refractivity contribution in [3.63, 3.8) is 0 Å². The number of benzene rings is 1. The van der Waals surface area contributed by atoms with Gasteiger partial charge in [0.1, 0.15) is 0 Å². The van der Waals surface area contributed by atoms with E-state index in [0.29, 0.717) is 12.1 Å². The Labute approximate surface area is 189 Å². The van der Waals surface area contributed by atoms with Gasteiger partial charge in [0.25, 0.3) is 0 Å². The molecule has 2 N–H and O–H groups in total. The van der Waals surface area contributed by atoms with Crippen molar-refractivity contribution in [2.75, 3.05) is 46.8 Å². The molecule has 5 nitrogen and oxygen atoms in total. The largest absolute Gasteiger partial charge is 0.355 e. The first-order valence-electron chi connectivity index (χ1n) is 10.6. The van der Waals surface area contributed by atoms with Gasteiger partial charge in [0.05, 0.1) is 0 Å². The molecule has 0 bridgehead atoms. The molecule has 0 radical (unpaired) electrons. The molecule has 28 heavy (non-hydrogen) atoms. The Morgan fingerprint density at radius 3 is 2.50 bits per heavy atom. The first-order chi connectivity index (χ1) is 13.1. The molecular formula is C22H40IN5. The molecule has 6 heteroatoms. The lowest BCUT2D eigenvalue weighted by Gasteiger charge is -2.37. The van der Waals surface area contributed by atoms with Crippen molar-refractivity contribution >= 4 is 29.9 Å². The molecule has 1 aliphatic heterocycles. The molecule has 0 amide bonds. The lowest BCUT2D eigenvalue weighted by atomic mass is 10.0. The van der Waals surface area contributed by atoms with E-state index < -0.39 is 0 Å². The van der Waals surface area contributed by atoms with Crippen molar-refractivity contribution in [1.82, 2.24) is 20.4 Å². The molecule has 1 atom stereocenters. The third-order valence-corrected chi connectivity index (χ3v) is 5.60. The molecule has 1 aliphatic rings. The predicted molar refractivity (Wildman–Crippen MR) is 132 cm³/mol. The minimum absolute atomic E-state index is 0. The van der Waals surface area contributed by atoms with E-state index in [1.165, 1.54) is 24.9 Å². The first kappa shape index (κ1) is 25.2. The molecular weight excluding hydrogens is 461 g/mol. The summed E-state index contributed by atoms with van der Waals surface area (Å²) < 4.78 is 0. The van der Waals surface area contributed by atoms with Gasteiger partial charge in [0, 0.05) is 45.3 Å². The van der Waals surface area contributed by atoms with E-state index in [1.807, 2.05) is 7.05 Å². The van der Waals surface area contributed by atoms with E-state index in [-0.39, 0.29) is 24.0 Å². The monoisotopic (exact) mass is 501 g/mol. The molecule has 160 valence electrons. The maximum atomic E-state index is 4.41. The zero-order chi connectivity index (χ0) is 19.5. The number of likely N-dealkylation sites (tertiary alicyclic amines) is 1. The lowest BCUT2D eigenvalue weighted by molar-refractivity contribution is 0.158. The van der Waals surface area contributed by atoms with Crippen LogP contribution in [0.4, 0.5) is 0 Å². The van der Waals surface area contributed by atoms with Crippen LogP contribution in [-0.4, -0.2) is 68.6 Å². The van der Waals surface area contributed by atoms with E-state index in [1.54, 1.807) is 0 Å². The van der Waals surface area contributed by atoms with Crippen molar-refractivity contribution in [3.8, 4) is 0 Å². The second-order valence-electron chi connectivity index (χ2n) is 7.70. The van der Waals surface area contributed by atoms with Gasteiger partial charge in [-0.2, -0.15) is 0 Å². The zero-order valence-corrected chi connectivity index (χ0v) is 20.5. The van der Waals surface area contributed by atoms with Gasteiger partial charge in [-0.05, 0) is 45.3 Å². The number of piperidine rings is 1. The summed E-state index contributed by atoms with van der Waals surface area (Å²) in [6.07, 6.45) is 4.84. The molecule has 1 aromatic carbocycles. The average Bonchev–Trinajstić information content (AvgIpc) is 2.72. The minimum atomic E-state index is 0. The average molecular weight is 502 g/mol. The SMILES string of the molecule is CCCCN(C)CCNC(=NC)NC1CCN(C(C)c2ccccc2)CC1.I. The highest BCUT2D eigenvalue weighted by Gasteiger charge is 2.23. The molecule has 0 aromatic heterocycles. The Morgan fingerprint density at radius 1 is 1.21 bits per heavy atom. The molecule has 1 saturated heterocycles. The third kappa shape index (κ3) is 8.66. The molecule has 2 rings (SSSR count). The van der Waals surface area contributed by atoms with Crippen molar-refractivity contribution < 1.29 is 0 Å². The molecule has 1 aromatic rings. The fraction of sp³-hybridized carbons (Fsp3) is 0.682. The summed E-state index contributed by atoms with van der Waals surface area (Å²) in [7, 11) is 4.06. The van der Waals surface area contributed by atoms with Crippen molar-refractivity contribution in [2.45, 2.75) is 51.6 Å². The van der Waals surface area contributed by atoms with Crippen LogP contribution in [0.3, 0.4) is 0 Å². The summed E-state index contributed by atoms with van der Waals surface area (Å²) in [5, 5.41) is 7.08. The lowest BCUT2D eigenvalue weighted by Crippen LogP contribution is -2.49. The fourth-order valence-corrected chi connectivity index (χ4v) is 3.67. The second-order valence-corrected chi connectivity index (χ2v) is 7.70. The van der Waals surface area contributed by atoms with E-state index in [9.17, 15) is 0 Å². The van der Waals surface area contributed by atoms with Gasteiger partial charge >= 0.3 is 0 Å². The van der Waals surface area contributed by atoms with Crippen LogP contribution >= 0.6 is 24.0 Å². The summed E-state index contributed by atoms with van der Waals surface area (Å²) in [6, 6.07) is 11.8. The van der Waals surface area contributed by atoms with E-state index in [4.69, 9.17) is 0 Å². The number of aliphatic imine (C=N–C) groups is 1. The Hall–Kier alpha value is -0.860. The van der Waals surface area contributed by atoms with E-state index in [2.05, 4.69) is 76.7 Å². The standard InChI is InChI=1S/C22H39N5.HI/c1-5-6-15-26(4)18-14-24-22(23-3)25-21-12-16-27(17-13-21)19(2)20-10-8-7-9-11-20;/h7-11,19,21H,5-6,12-18H2,1-4H3,(H2,23,24,25);1H. The topological polar surface area (TPSA) is 42.9 Å². The number of likely N-dealkylation sites (N-methyl/N-ethyl adjacent to an activating group) is 1. The Morgan fingerprint density at radius 2 is 1.89 bits per heavy atom. The highest BCUT2D eigenvalue weighted by atomic mass is 127. The quantitative estimate of drug-likeness (QED) is 0.308. The third-order valence-electron chi connectivity index (χ3n) is 5.60. The van der Waals surface area contributed by atoms with E-state index >= 15 is 0 Å². The number of guanidine groups is 1. The van der Waals surface area contributed by atoms with Crippen LogP contribution in [-0.2, 0) is 0 Å². The van der Waals surface area contributed by atoms with Crippen LogP contribution in [0.1, 0.15) is 51.1 Å². The predicted octanol–water partition coefficient (Wildman–Crippen LogP) is 3.73. The number of nitrogens with zero attached hydrogens (tertiary/aromatic N) is 3. The molecule has 0 saturated carbocycles. The van der Waals surface area contributed by atoms with Gasteiger partial charge in [0.2, 0.25) is 0 Å². The van der Waals surface area contributed by atoms with Gasteiger partial charge in [0.15, 0.2) is 5.96 Å². The summed E-state index contributed by atoms with van der Waals surface area (Å²) in [5.74, 6) is 0.938. The van der Waals surface area contributed by atoms with Crippen molar-refractivity contribution in [2.24, 2.45) is 4.99 Å². The van der Waals surface area contributed by atoms with Crippen LogP contribution < -0.4 is 10.6 Å². The Balaban J connectivity index is 0.00000392. The molecule has 0 aliphatic carbocycles. The smallest absolute Gasteiger partial charge is 0.191 e. The molecule has 0 spiro atoms. The Bertz CT molecular complexity index is 543. The number of nitrogens with one attached hydrogen (secondary N) is 2. The van der Waals surface area contributed by atoms with E-state index in [0.717, 1.165) is 45.0 Å². The normalized spacial score (nSPS) is 17.2. The van der Waals surface area contributed by atoms with Crippen LogP contribution in [0, 0.1) is 0 Å². The van der Waals surface area contributed by atoms with Crippen molar-refractivity contribution in [1.29, 1.82) is 0 Å². The highest BCUT2D eigenvalue weighted by molar-refractivity contribution is 14.0. The molecule has 1 unspecified atom stereocenters. The summed E-state index contributed by atoms with van der Waals surface area (Å²) in [6.45, 7) is 9.97. The van der Waals surface area contributed by atoms with Crippen LogP contribution in [0.15, 0.2) is 35.3 Å². The number of halogens is 1. The van der Waals surface area contributed by atoms with Gasteiger partial charge in [-0.15, -0.1) is 24.0 Å². The number of rotatable bonds is 9. The number of unbranched alkanes of at least 4 members (excludes halogenated alkanes) is 1. The van der Waals surface area contributed by atoms with Gasteiger partial charge in [-0.1, -0.05) is 43.7 Å². The Kier molecular flexibility index (Phi) is 12.7. The van der Waals surface area contributed by atoms with Crippen LogP contribution in [0.25, 0.3) is 0 Å². The fourth-order valence-electron chi connectivity index (χ4n) is 3.67. The maximum absolute atomic E-state index is 4.41. The minimum Gasteiger partial charge on any atom is -0.355 e. The number of hydrogen-bond acceptors (Lipinski definition) is 3. The van der Waals surface area contributed by atoms with Gasteiger partial charge in [-0.25, -0.2) is 0 Å². The van der Waals surface area contributed by atoms with Gasteiger partial charge < -0.3 is 15.5 Å². The molecule has 1 fully saturated rings. The van der Waals surface area contributed by atoms with Gasteiger partial charge in [-0.3, -0.25) is 9.89 Å². The number of hydrogen-bond donors (Lipinski definition) is 2. The molecule has 1 heterocycles. The van der Waals surface area contributed by atoms with Crippen LogP contribution in [0.5, 0.6) is 0 Å². The summed E-state index contributed by atoms with van der Waals surface area (Å²) in [5.41, 5.74) is 1.41. The zero-order valence-electron chi connectivity index (χ0n) is 18.2. The summed E-state index contributed by atoms with van der Waals surface area (Å²) in [4.78, 5) is 9.38. The highest BCUT2D eigenvalue weighted by Crippen LogP contribution is 2.23. The second kappa shape index (κ2) is 14.2. The summed E-state index contributed by atoms with van der Waals surface area (Å²) >= 11 is 0. The van der Waals surface area contributed by atoms with Crippen molar-refractivity contribution in [3.05, 3.63) is 35.9 Å².